The summed E-state index contributed by atoms with van der Waals surface area (Å²) in [5.74, 6) is 0.337. The van der Waals surface area contributed by atoms with Crippen LogP contribution in [0.4, 0.5) is 14.5 Å². The van der Waals surface area contributed by atoms with Gasteiger partial charge in [0.1, 0.15) is 6.10 Å². The van der Waals surface area contributed by atoms with Crippen molar-refractivity contribution in [1.29, 1.82) is 0 Å². The van der Waals surface area contributed by atoms with Crippen LogP contribution in [0, 0.1) is 0 Å². The van der Waals surface area contributed by atoms with E-state index in [1.807, 2.05) is 0 Å². The maximum Gasteiger partial charge on any atom is 0.387 e. The largest absolute Gasteiger partial charge is 0.484 e. The zero-order valence-corrected chi connectivity index (χ0v) is 13.3. The number of rotatable bonds is 6. The summed E-state index contributed by atoms with van der Waals surface area (Å²) in [5.41, 5.74) is 2.21. The zero-order chi connectivity index (χ0) is 17.1. The molecule has 0 spiro atoms. The highest BCUT2D eigenvalue weighted by molar-refractivity contribution is 5.98. The van der Waals surface area contributed by atoms with Crippen LogP contribution in [0.3, 0.4) is 0 Å². The molecule has 5 nitrogen and oxygen atoms in total. The predicted molar refractivity (Wildman–Crippen MR) is 83.5 cm³/mol. The van der Waals surface area contributed by atoms with Crippen LogP contribution in [0.15, 0.2) is 29.5 Å². The molecule has 7 heteroatoms. The standard InChI is InChI=1S/C17H19F2NO4/c1-10-13(3-4-14(10)21)20-11-2-5-15(24-17(18)19)16(8-11)23-12-6-7-22-9-12/h2,5,8,12,17,20H,3-4,6-7,9H2,1H3/t12-/m1/s1. The van der Waals surface area contributed by atoms with E-state index in [0.29, 0.717) is 43.7 Å². The molecule has 0 bridgehead atoms. The van der Waals surface area contributed by atoms with Gasteiger partial charge in [-0.05, 0) is 25.5 Å². The lowest BCUT2D eigenvalue weighted by Crippen LogP contribution is -2.17. The van der Waals surface area contributed by atoms with Crippen LogP contribution in [0.2, 0.25) is 0 Å². The molecule has 1 aliphatic heterocycles. The fourth-order valence-electron chi connectivity index (χ4n) is 2.77. The first-order valence-corrected chi connectivity index (χ1v) is 7.86. The fourth-order valence-corrected chi connectivity index (χ4v) is 2.77. The summed E-state index contributed by atoms with van der Waals surface area (Å²) in [6, 6.07) is 4.67. The third-order valence-corrected chi connectivity index (χ3v) is 4.11. The molecule has 130 valence electrons. The third-order valence-electron chi connectivity index (χ3n) is 4.11. The molecule has 1 aromatic carbocycles. The normalized spacial score (nSPS) is 20.8. The van der Waals surface area contributed by atoms with Crippen molar-refractivity contribution in [2.45, 2.75) is 38.9 Å². The van der Waals surface area contributed by atoms with Crippen molar-refractivity contribution < 1.29 is 27.8 Å². The van der Waals surface area contributed by atoms with Crippen molar-refractivity contribution in [1.82, 2.24) is 0 Å². The average Bonchev–Trinajstić information content (AvgIpc) is 3.15. The van der Waals surface area contributed by atoms with Crippen LogP contribution < -0.4 is 14.8 Å². The smallest absolute Gasteiger partial charge is 0.387 e. The minimum atomic E-state index is -2.93. The van der Waals surface area contributed by atoms with Crippen molar-refractivity contribution in [2.75, 3.05) is 18.5 Å². The highest BCUT2D eigenvalue weighted by atomic mass is 19.3. The topological polar surface area (TPSA) is 56.8 Å². The lowest BCUT2D eigenvalue weighted by molar-refractivity contribution is -0.114. The van der Waals surface area contributed by atoms with E-state index in [-0.39, 0.29) is 23.4 Å². The van der Waals surface area contributed by atoms with E-state index in [1.165, 1.54) is 6.07 Å². The van der Waals surface area contributed by atoms with Gasteiger partial charge in [0.05, 0.1) is 13.2 Å². The van der Waals surface area contributed by atoms with Crippen molar-refractivity contribution in [3.8, 4) is 11.5 Å². The summed E-state index contributed by atoms with van der Waals surface area (Å²) in [4.78, 5) is 11.6. The van der Waals surface area contributed by atoms with Gasteiger partial charge in [-0.25, -0.2) is 0 Å². The van der Waals surface area contributed by atoms with Gasteiger partial charge in [-0.1, -0.05) is 0 Å². The van der Waals surface area contributed by atoms with Gasteiger partial charge in [-0.15, -0.1) is 0 Å². The molecule has 0 amide bonds. The van der Waals surface area contributed by atoms with Crippen molar-refractivity contribution >= 4 is 11.5 Å². The first-order chi connectivity index (χ1) is 11.5. The van der Waals surface area contributed by atoms with Crippen molar-refractivity contribution in [3.63, 3.8) is 0 Å². The minimum Gasteiger partial charge on any atom is -0.484 e. The summed E-state index contributed by atoms with van der Waals surface area (Å²) < 4.78 is 40.7. The highest BCUT2D eigenvalue weighted by Gasteiger charge is 2.22. The number of Topliss-reactive ketones (excluding diaryl/α,β-unsaturated/α-hetero) is 1. The van der Waals surface area contributed by atoms with Gasteiger partial charge < -0.3 is 19.5 Å². The summed E-state index contributed by atoms with van der Waals surface area (Å²) in [5, 5.41) is 3.17. The highest BCUT2D eigenvalue weighted by Crippen LogP contribution is 2.35. The minimum absolute atomic E-state index is 0.0179. The molecule has 24 heavy (non-hydrogen) atoms. The Bertz CT molecular complexity index is 654. The molecule has 0 aromatic heterocycles. The van der Waals surface area contributed by atoms with Gasteiger partial charge in [0.15, 0.2) is 17.3 Å². The molecule has 1 heterocycles. The number of anilines is 1. The van der Waals surface area contributed by atoms with Crippen molar-refractivity contribution in [3.05, 3.63) is 29.5 Å². The molecule has 1 atom stereocenters. The second-order valence-corrected chi connectivity index (χ2v) is 5.80. The Hall–Kier alpha value is -2.15. The summed E-state index contributed by atoms with van der Waals surface area (Å²) in [6.07, 6.45) is 1.65. The van der Waals surface area contributed by atoms with Crippen LogP contribution in [0.1, 0.15) is 26.2 Å². The van der Waals surface area contributed by atoms with Gasteiger partial charge in [0, 0.05) is 35.9 Å². The van der Waals surface area contributed by atoms with Gasteiger partial charge in [0.25, 0.3) is 0 Å². The van der Waals surface area contributed by atoms with E-state index >= 15 is 0 Å². The molecular weight excluding hydrogens is 320 g/mol. The van der Waals surface area contributed by atoms with Gasteiger partial charge in [-0.3, -0.25) is 4.79 Å². The molecule has 0 saturated carbocycles. The molecule has 0 unspecified atom stereocenters. The van der Waals surface area contributed by atoms with E-state index in [9.17, 15) is 13.6 Å². The fraction of sp³-hybridized carbons (Fsp3) is 0.471. The second-order valence-electron chi connectivity index (χ2n) is 5.80. The molecule has 1 saturated heterocycles. The number of ketones is 1. The Morgan fingerprint density at radius 3 is 2.75 bits per heavy atom. The number of halogens is 2. The molecule has 1 N–H and O–H groups in total. The van der Waals surface area contributed by atoms with E-state index in [4.69, 9.17) is 9.47 Å². The number of nitrogens with one attached hydrogen (secondary N) is 1. The number of hydrogen-bond acceptors (Lipinski definition) is 5. The van der Waals surface area contributed by atoms with Crippen LogP contribution >= 0.6 is 0 Å². The number of carbonyl (C=O) groups excluding carboxylic acids is 1. The Morgan fingerprint density at radius 1 is 1.29 bits per heavy atom. The molecular formula is C17H19F2NO4. The van der Waals surface area contributed by atoms with E-state index in [0.717, 1.165) is 5.70 Å². The number of benzene rings is 1. The van der Waals surface area contributed by atoms with E-state index in [1.54, 1.807) is 19.1 Å². The Labute approximate surface area is 138 Å². The monoisotopic (exact) mass is 339 g/mol. The Balaban J connectivity index is 1.81. The van der Waals surface area contributed by atoms with Crippen LogP contribution in [-0.2, 0) is 9.53 Å². The van der Waals surface area contributed by atoms with Crippen LogP contribution in [-0.4, -0.2) is 31.7 Å². The van der Waals surface area contributed by atoms with Crippen molar-refractivity contribution in [2.24, 2.45) is 0 Å². The van der Waals surface area contributed by atoms with E-state index < -0.39 is 6.61 Å². The number of hydrogen-bond donors (Lipinski definition) is 1. The number of ether oxygens (including phenoxy) is 3. The first kappa shape index (κ1) is 16.7. The SMILES string of the molecule is CC1=C(Nc2ccc(OC(F)F)c(O[C@@H]3CCOC3)c2)CCC1=O. The molecule has 2 aliphatic rings. The quantitative estimate of drug-likeness (QED) is 0.860. The second kappa shape index (κ2) is 7.17. The summed E-state index contributed by atoms with van der Waals surface area (Å²) in [6.45, 7) is -0.144. The number of carbonyl (C=O) groups is 1. The molecule has 1 aromatic rings. The zero-order valence-electron chi connectivity index (χ0n) is 13.3. The van der Waals surface area contributed by atoms with Gasteiger partial charge in [-0.2, -0.15) is 8.78 Å². The van der Waals surface area contributed by atoms with E-state index in [2.05, 4.69) is 10.1 Å². The lowest BCUT2D eigenvalue weighted by Gasteiger charge is -2.18. The Kier molecular flexibility index (Phi) is 4.99. The van der Waals surface area contributed by atoms with Crippen LogP contribution in [0.25, 0.3) is 0 Å². The van der Waals surface area contributed by atoms with Crippen LogP contribution in [0.5, 0.6) is 11.5 Å². The maximum atomic E-state index is 12.6. The number of alkyl halides is 2. The summed E-state index contributed by atoms with van der Waals surface area (Å²) in [7, 11) is 0. The molecule has 1 aliphatic carbocycles. The average molecular weight is 339 g/mol. The van der Waals surface area contributed by atoms with Gasteiger partial charge in [0.2, 0.25) is 0 Å². The maximum absolute atomic E-state index is 12.6. The molecule has 0 radical (unpaired) electrons. The lowest BCUT2D eigenvalue weighted by atomic mass is 10.2. The summed E-state index contributed by atoms with van der Waals surface area (Å²) >= 11 is 0. The molecule has 1 fully saturated rings. The molecule has 3 rings (SSSR count). The Morgan fingerprint density at radius 2 is 2.12 bits per heavy atom. The number of allylic oxidation sites excluding steroid dienone is 2. The predicted octanol–water partition coefficient (Wildman–Crippen LogP) is 3.50. The third kappa shape index (κ3) is 3.84. The van der Waals surface area contributed by atoms with Gasteiger partial charge >= 0.3 is 6.61 Å². The first-order valence-electron chi connectivity index (χ1n) is 7.86.